The number of rotatable bonds is 22. The van der Waals surface area contributed by atoms with Crippen molar-refractivity contribution >= 4 is 40.7 Å². The maximum atomic E-state index is 13.0. The molecule has 0 saturated heterocycles. The third-order valence-electron chi connectivity index (χ3n) is 12.0. The quantitative estimate of drug-likeness (QED) is 0.0538. The zero-order valence-electron chi connectivity index (χ0n) is 35.8. The van der Waals surface area contributed by atoms with Gasteiger partial charge in [-0.2, -0.15) is 4.58 Å². The van der Waals surface area contributed by atoms with Gasteiger partial charge < -0.3 is 15.5 Å². The lowest BCUT2D eigenvalue weighted by Crippen LogP contribution is -2.49. The first kappa shape index (κ1) is 44.1. The van der Waals surface area contributed by atoms with Crippen molar-refractivity contribution in [3.05, 3.63) is 108 Å². The van der Waals surface area contributed by atoms with Crippen molar-refractivity contribution in [2.45, 2.75) is 129 Å². The molecule has 3 aliphatic rings. The molecule has 2 aromatic rings. The Morgan fingerprint density at radius 1 is 0.741 bits per heavy atom. The molecule has 2 N–H and O–H groups in total. The van der Waals surface area contributed by atoms with Gasteiger partial charge in [-0.15, -0.1) is 0 Å². The standard InChI is InChI=1S/C49H65N5O4/c1-7-8-9-10-21-35-51-47(58)41(54-45(56)32-33-46(54)57)28-20-22-34-50-44(55)31-15-12-23-36-53-40-27-19-17-25-38(40)49(4,5)43(53)30-14-11-13-29-42-48(2,3)37-24-16-18-26-39(37)52(42)6/h11,13-14,16-19,24-27,29-30,32-33,41H,7-10,12,15,20-23,28,31,34-36H2,1-6H3,(H-,50,51,55,58)/p+1. The van der Waals surface area contributed by atoms with Crippen LogP contribution in [0, 0.1) is 0 Å². The van der Waals surface area contributed by atoms with E-state index in [0.717, 1.165) is 56.4 Å². The molecule has 2 aromatic carbocycles. The monoisotopic (exact) mass is 789 g/mol. The zero-order chi connectivity index (χ0) is 41.7. The number of anilines is 1. The highest BCUT2D eigenvalue weighted by molar-refractivity contribution is 6.15. The molecule has 9 nitrogen and oxygen atoms in total. The Kier molecular flexibility index (Phi) is 15.6. The van der Waals surface area contributed by atoms with E-state index >= 15 is 0 Å². The minimum absolute atomic E-state index is 0.0205. The van der Waals surface area contributed by atoms with E-state index in [9.17, 15) is 19.2 Å². The summed E-state index contributed by atoms with van der Waals surface area (Å²) in [7, 11) is 2.14. The van der Waals surface area contributed by atoms with Gasteiger partial charge in [0.1, 0.15) is 13.1 Å². The Morgan fingerprint density at radius 2 is 1.40 bits per heavy atom. The first-order valence-corrected chi connectivity index (χ1v) is 21.6. The van der Waals surface area contributed by atoms with Crippen LogP contribution in [0.15, 0.2) is 96.8 Å². The van der Waals surface area contributed by atoms with Gasteiger partial charge in [0.2, 0.25) is 17.5 Å². The van der Waals surface area contributed by atoms with Crippen molar-refractivity contribution in [3.63, 3.8) is 0 Å². The molecule has 0 saturated carbocycles. The van der Waals surface area contributed by atoms with Gasteiger partial charge in [-0.25, -0.2) is 0 Å². The number of nitrogens with one attached hydrogen (secondary N) is 2. The van der Waals surface area contributed by atoms with Gasteiger partial charge >= 0.3 is 0 Å². The van der Waals surface area contributed by atoms with E-state index in [1.165, 1.54) is 52.5 Å². The SMILES string of the molecule is CCCCCCCNC(=O)C(CCCCNC(=O)CCCCCN1C(=CC=CC=CC2=[N+](C)c3ccccc3C2(C)C)C(C)(C)c2ccccc21)N1C(=O)C=CC1=O. The maximum absolute atomic E-state index is 13.0. The van der Waals surface area contributed by atoms with Crippen molar-refractivity contribution in [2.75, 3.05) is 31.6 Å². The van der Waals surface area contributed by atoms with Crippen molar-refractivity contribution in [3.8, 4) is 0 Å². The average molecular weight is 789 g/mol. The lowest BCUT2D eigenvalue weighted by Gasteiger charge is -2.27. The third kappa shape index (κ3) is 10.5. The molecule has 0 aliphatic carbocycles. The number of carbonyl (C=O) groups excluding carboxylic acids is 4. The molecule has 0 spiro atoms. The van der Waals surface area contributed by atoms with Crippen LogP contribution in [-0.2, 0) is 30.0 Å². The number of imide groups is 1. The van der Waals surface area contributed by atoms with Crippen LogP contribution in [0.1, 0.15) is 123 Å². The van der Waals surface area contributed by atoms with Crippen LogP contribution in [0.3, 0.4) is 0 Å². The highest BCUT2D eigenvalue weighted by Crippen LogP contribution is 2.47. The second-order valence-corrected chi connectivity index (χ2v) is 16.9. The van der Waals surface area contributed by atoms with Gasteiger partial charge in [0.25, 0.3) is 11.8 Å². The smallest absolute Gasteiger partial charge is 0.254 e. The first-order valence-electron chi connectivity index (χ1n) is 21.6. The number of unbranched alkanes of at least 4 members (excludes halogenated alkanes) is 7. The summed E-state index contributed by atoms with van der Waals surface area (Å²) in [6, 6.07) is 16.5. The van der Waals surface area contributed by atoms with Crippen molar-refractivity contribution < 1.29 is 23.8 Å². The van der Waals surface area contributed by atoms with Crippen molar-refractivity contribution in [2.24, 2.45) is 0 Å². The fourth-order valence-electron chi connectivity index (χ4n) is 8.71. The van der Waals surface area contributed by atoms with Gasteiger partial charge in [-0.1, -0.05) is 108 Å². The lowest BCUT2D eigenvalue weighted by molar-refractivity contribution is -0.401. The normalized spacial score (nSPS) is 17.9. The molecule has 0 fully saturated rings. The summed E-state index contributed by atoms with van der Waals surface area (Å²) >= 11 is 0. The summed E-state index contributed by atoms with van der Waals surface area (Å²) in [6.07, 6.45) is 23.5. The Bertz CT molecular complexity index is 1930. The molecule has 3 heterocycles. The number of nitrogens with zero attached hydrogens (tertiary/aromatic N) is 3. The van der Waals surface area contributed by atoms with E-state index in [0.29, 0.717) is 38.8 Å². The van der Waals surface area contributed by atoms with Gasteiger partial charge in [-0.05, 0) is 70.1 Å². The molecular weight excluding hydrogens is 723 g/mol. The molecule has 4 amide bonds. The van der Waals surface area contributed by atoms with E-state index in [2.05, 4.69) is 141 Å². The average Bonchev–Trinajstić information content (AvgIpc) is 3.72. The fraction of sp³-hybridized carbons (Fsp3) is 0.490. The second kappa shape index (κ2) is 20.6. The van der Waals surface area contributed by atoms with Crippen LogP contribution in [0.4, 0.5) is 11.4 Å². The van der Waals surface area contributed by atoms with E-state index in [-0.39, 0.29) is 22.6 Å². The molecule has 0 aromatic heterocycles. The van der Waals surface area contributed by atoms with E-state index in [1.54, 1.807) is 0 Å². The molecule has 5 rings (SSSR count). The largest absolute Gasteiger partial charge is 0.356 e. The molecule has 0 bridgehead atoms. The lowest BCUT2D eigenvalue weighted by atomic mass is 9.81. The number of para-hydroxylation sites is 2. The molecule has 1 atom stereocenters. The summed E-state index contributed by atoms with van der Waals surface area (Å²) in [5, 5.41) is 5.95. The molecule has 1 unspecified atom stereocenters. The van der Waals surface area contributed by atoms with Crippen LogP contribution in [0.25, 0.3) is 0 Å². The predicted molar refractivity (Wildman–Crippen MR) is 235 cm³/mol. The number of allylic oxidation sites excluding steroid dienone is 6. The van der Waals surface area contributed by atoms with E-state index in [4.69, 9.17) is 0 Å². The third-order valence-corrected chi connectivity index (χ3v) is 12.0. The van der Waals surface area contributed by atoms with Gasteiger partial charge in [-0.3, -0.25) is 24.1 Å². The number of carbonyl (C=O) groups is 4. The molecular formula is C49H66N5O4+. The Balaban J connectivity index is 1.06. The number of hydrogen-bond acceptors (Lipinski definition) is 5. The van der Waals surface area contributed by atoms with Crippen LogP contribution >= 0.6 is 0 Å². The minimum atomic E-state index is -0.840. The maximum Gasteiger partial charge on any atom is 0.254 e. The predicted octanol–water partition coefficient (Wildman–Crippen LogP) is 8.71. The van der Waals surface area contributed by atoms with Crippen LogP contribution in [0.2, 0.25) is 0 Å². The summed E-state index contributed by atoms with van der Waals surface area (Å²) in [5.41, 5.74) is 7.54. The minimum Gasteiger partial charge on any atom is -0.356 e. The van der Waals surface area contributed by atoms with Crippen LogP contribution in [0.5, 0.6) is 0 Å². The first-order chi connectivity index (χ1) is 27.9. The Labute approximate surface area is 347 Å². The molecule has 3 aliphatic heterocycles. The van der Waals surface area contributed by atoms with Gasteiger partial charge in [0.15, 0.2) is 5.71 Å². The van der Waals surface area contributed by atoms with Crippen molar-refractivity contribution in [1.29, 1.82) is 0 Å². The topological polar surface area (TPSA) is 102 Å². The van der Waals surface area contributed by atoms with Crippen molar-refractivity contribution in [1.82, 2.24) is 15.5 Å². The summed E-state index contributed by atoms with van der Waals surface area (Å²) in [5.74, 6) is -1.17. The Hall–Kier alpha value is -5.05. The zero-order valence-corrected chi connectivity index (χ0v) is 35.8. The number of amides is 4. The number of fused-ring (bicyclic) bond motifs is 2. The summed E-state index contributed by atoms with van der Waals surface area (Å²) in [6.45, 7) is 13.2. The highest BCUT2D eigenvalue weighted by atomic mass is 16.2. The molecule has 58 heavy (non-hydrogen) atoms. The molecule has 310 valence electrons. The van der Waals surface area contributed by atoms with Crippen LogP contribution in [-0.4, -0.2) is 71.5 Å². The molecule has 0 radical (unpaired) electrons. The fourth-order valence-corrected chi connectivity index (χ4v) is 8.71. The second-order valence-electron chi connectivity index (χ2n) is 16.9. The summed E-state index contributed by atoms with van der Waals surface area (Å²) < 4.78 is 2.29. The Morgan fingerprint density at radius 3 is 2.14 bits per heavy atom. The highest BCUT2D eigenvalue weighted by Gasteiger charge is 2.43. The van der Waals surface area contributed by atoms with Gasteiger partial charge in [0.05, 0.1) is 5.41 Å². The molecule has 9 heteroatoms. The number of benzene rings is 2. The van der Waals surface area contributed by atoms with E-state index in [1.807, 2.05) is 0 Å². The van der Waals surface area contributed by atoms with Gasteiger partial charge in [0, 0.05) is 72.7 Å². The summed E-state index contributed by atoms with van der Waals surface area (Å²) in [4.78, 5) is 54.1. The van der Waals surface area contributed by atoms with Crippen LogP contribution < -0.4 is 15.5 Å². The number of hydrogen-bond donors (Lipinski definition) is 2. The van der Waals surface area contributed by atoms with E-state index < -0.39 is 17.9 Å².